The third kappa shape index (κ3) is 6.23. The minimum Gasteiger partial charge on any atom is -0.339 e. The molecule has 6 nitrogen and oxygen atoms in total. The van der Waals surface area contributed by atoms with Crippen molar-refractivity contribution in [1.29, 1.82) is 0 Å². The summed E-state index contributed by atoms with van der Waals surface area (Å²) in [6.45, 7) is 4.10. The molecule has 0 atom stereocenters. The Morgan fingerprint density at radius 3 is 2.35 bits per heavy atom. The van der Waals surface area contributed by atoms with Crippen LogP contribution in [0.3, 0.4) is 0 Å². The molecular weight excluding hydrogens is 507 g/mol. The van der Waals surface area contributed by atoms with Crippen molar-refractivity contribution in [2.75, 3.05) is 37.0 Å². The average Bonchev–Trinajstić information content (AvgIpc) is 2.93. The zero-order chi connectivity index (χ0) is 25.6. The van der Waals surface area contributed by atoms with Crippen LogP contribution in [-0.2, 0) is 11.3 Å². The number of piperazine rings is 1. The average molecular weight is 535 g/mol. The lowest BCUT2D eigenvalue weighted by atomic mass is 10.2. The van der Waals surface area contributed by atoms with Crippen LogP contribution in [0.1, 0.15) is 5.56 Å². The zero-order valence-corrected chi connectivity index (χ0v) is 21.9. The maximum Gasteiger partial charge on any atom is 0.266 e. The minimum atomic E-state index is -0.366. The number of carbonyl (C=O) groups is 1. The molecule has 1 aliphatic rings. The van der Waals surface area contributed by atoms with Gasteiger partial charge in [0, 0.05) is 37.8 Å². The second-order valence-electron chi connectivity index (χ2n) is 8.78. The molecule has 0 saturated carbocycles. The molecule has 0 spiro atoms. The van der Waals surface area contributed by atoms with Gasteiger partial charge in [-0.2, -0.15) is 0 Å². The number of aromatic nitrogens is 2. The van der Waals surface area contributed by atoms with Gasteiger partial charge in [-0.25, -0.2) is 9.37 Å². The Labute approximate surface area is 223 Å². The summed E-state index contributed by atoms with van der Waals surface area (Å²) in [4.78, 5) is 35.1. The van der Waals surface area contributed by atoms with Crippen molar-refractivity contribution in [2.45, 2.75) is 11.7 Å². The van der Waals surface area contributed by atoms with Crippen molar-refractivity contribution < 1.29 is 9.18 Å². The molecule has 1 saturated heterocycles. The van der Waals surface area contributed by atoms with Crippen molar-refractivity contribution in [3.05, 3.63) is 101 Å². The highest BCUT2D eigenvalue weighted by Gasteiger charge is 2.21. The van der Waals surface area contributed by atoms with Gasteiger partial charge in [0.25, 0.3) is 5.56 Å². The van der Waals surface area contributed by atoms with Crippen LogP contribution in [0, 0.1) is 5.82 Å². The van der Waals surface area contributed by atoms with Gasteiger partial charge in [0.05, 0.1) is 22.3 Å². The van der Waals surface area contributed by atoms with Crippen LogP contribution in [0.15, 0.2) is 88.8 Å². The molecule has 0 radical (unpaired) electrons. The minimum absolute atomic E-state index is 0.132. The molecule has 0 aliphatic carbocycles. The van der Waals surface area contributed by atoms with E-state index in [9.17, 15) is 14.0 Å². The van der Waals surface area contributed by atoms with Crippen molar-refractivity contribution >= 4 is 40.3 Å². The predicted molar refractivity (Wildman–Crippen MR) is 149 cm³/mol. The summed E-state index contributed by atoms with van der Waals surface area (Å²) in [6, 6.07) is 23.4. The standard InChI is InChI=1S/C28H27FN4O2S2/c29-22-10-12-23(13-11-22)33-27(35)24-8-4-5-9-25(24)30-28(33)37-20-36-19-26(34)32-16-14-31(15-17-32)18-21-6-2-1-3-7-21/h1-13H,14-20H2. The highest BCUT2D eigenvalue weighted by atomic mass is 32.2. The number of thioether (sulfide) groups is 2. The normalized spacial score (nSPS) is 14.2. The molecular formula is C28H27FN4O2S2. The molecule has 0 bridgehead atoms. The molecule has 3 aromatic carbocycles. The van der Waals surface area contributed by atoms with E-state index >= 15 is 0 Å². The smallest absolute Gasteiger partial charge is 0.266 e. The van der Waals surface area contributed by atoms with Crippen molar-refractivity contribution in [2.24, 2.45) is 0 Å². The Morgan fingerprint density at radius 1 is 0.892 bits per heavy atom. The van der Waals surface area contributed by atoms with Crippen molar-refractivity contribution in [3.8, 4) is 5.69 Å². The number of amides is 1. The molecule has 1 fully saturated rings. The number of nitrogens with zero attached hydrogens (tertiary/aromatic N) is 4. The van der Waals surface area contributed by atoms with Crippen LogP contribution in [-0.4, -0.2) is 62.3 Å². The molecule has 190 valence electrons. The second kappa shape index (κ2) is 11.9. The van der Waals surface area contributed by atoms with E-state index in [0.717, 1.165) is 32.7 Å². The maximum absolute atomic E-state index is 13.5. The Hall–Kier alpha value is -3.14. The molecule has 2 heterocycles. The fourth-order valence-corrected chi connectivity index (χ4v) is 6.26. The van der Waals surface area contributed by atoms with Crippen molar-refractivity contribution in [1.82, 2.24) is 19.4 Å². The lowest BCUT2D eigenvalue weighted by Crippen LogP contribution is -2.48. The monoisotopic (exact) mass is 534 g/mol. The van der Waals surface area contributed by atoms with E-state index in [1.54, 1.807) is 24.3 Å². The summed E-state index contributed by atoms with van der Waals surface area (Å²) in [5, 5.41) is 1.58. The van der Waals surface area contributed by atoms with E-state index in [1.165, 1.54) is 45.8 Å². The number of benzene rings is 3. The lowest BCUT2D eigenvalue weighted by molar-refractivity contribution is -0.130. The number of hydrogen-bond acceptors (Lipinski definition) is 6. The highest BCUT2D eigenvalue weighted by Crippen LogP contribution is 2.25. The Kier molecular flexibility index (Phi) is 8.23. The van der Waals surface area contributed by atoms with Gasteiger partial charge in [-0.05, 0) is 42.0 Å². The molecule has 5 rings (SSSR count). The van der Waals surface area contributed by atoms with E-state index in [2.05, 4.69) is 29.2 Å². The molecule has 1 aliphatic heterocycles. The van der Waals surface area contributed by atoms with Gasteiger partial charge < -0.3 is 4.90 Å². The summed E-state index contributed by atoms with van der Waals surface area (Å²) < 4.78 is 15.0. The highest BCUT2D eigenvalue weighted by molar-refractivity contribution is 8.16. The summed E-state index contributed by atoms with van der Waals surface area (Å²) in [7, 11) is 0. The number of para-hydroxylation sites is 1. The fourth-order valence-electron chi connectivity index (χ4n) is 4.34. The zero-order valence-electron chi connectivity index (χ0n) is 20.3. The van der Waals surface area contributed by atoms with Gasteiger partial charge in [-0.15, -0.1) is 11.8 Å². The molecule has 4 aromatic rings. The summed E-state index contributed by atoms with van der Waals surface area (Å²) in [6.07, 6.45) is 0. The van der Waals surface area contributed by atoms with Gasteiger partial charge in [0.1, 0.15) is 5.82 Å². The number of halogens is 1. The predicted octanol–water partition coefficient (Wildman–Crippen LogP) is 4.65. The van der Waals surface area contributed by atoms with Gasteiger partial charge in [-0.1, -0.05) is 54.2 Å². The van der Waals surface area contributed by atoms with E-state index < -0.39 is 0 Å². The van der Waals surface area contributed by atoms with Crippen LogP contribution in [0.4, 0.5) is 4.39 Å². The Morgan fingerprint density at radius 2 is 1.59 bits per heavy atom. The SMILES string of the molecule is O=C(CSCSc1nc2ccccc2c(=O)n1-c1ccc(F)cc1)N1CCN(Cc2ccccc2)CC1. The molecule has 37 heavy (non-hydrogen) atoms. The first-order valence-corrected chi connectivity index (χ1v) is 14.2. The topological polar surface area (TPSA) is 58.4 Å². The van der Waals surface area contributed by atoms with Crippen LogP contribution >= 0.6 is 23.5 Å². The van der Waals surface area contributed by atoms with E-state index in [-0.39, 0.29) is 17.3 Å². The van der Waals surface area contributed by atoms with Crippen LogP contribution < -0.4 is 5.56 Å². The van der Waals surface area contributed by atoms with Crippen LogP contribution in [0.25, 0.3) is 16.6 Å². The quantitative estimate of drug-likeness (QED) is 0.142. The Balaban J connectivity index is 1.18. The first kappa shape index (κ1) is 25.5. The number of carbonyl (C=O) groups excluding carboxylic acids is 1. The fraction of sp³-hybridized carbons (Fsp3) is 0.250. The first-order valence-electron chi connectivity index (χ1n) is 12.1. The van der Waals surface area contributed by atoms with Crippen LogP contribution in [0.5, 0.6) is 0 Å². The second-order valence-corrected chi connectivity index (χ2v) is 11.1. The van der Waals surface area contributed by atoms with Crippen molar-refractivity contribution in [3.63, 3.8) is 0 Å². The molecule has 1 aromatic heterocycles. The molecule has 1 amide bonds. The van der Waals surface area contributed by atoms with E-state index in [1.807, 2.05) is 23.1 Å². The summed E-state index contributed by atoms with van der Waals surface area (Å²) in [5.41, 5.74) is 2.26. The maximum atomic E-state index is 13.5. The summed E-state index contributed by atoms with van der Waals surface area (Å²) in [5.74, 6) is 0.141. The first-order chi connectivity index (χ1) is 18.1. The van der Waals surface area contributed by atoms with Gasteiger partial charge >= 0.3 is 0 Å². The van der Waals surface area contributed by atoms with E-state index in [0.29, 0.717) is 32.6 Å². The number of fused-ring (bicyclic) bond motifs is 1. The summed E-state index contributed by atoms with van der Waals surface area (Å²) >= 11 is 2.92. The Bertz CT molecular complexity index is 1420. The molecule has 0 unspecified atom stereocenters. The third-order valence-electron chi connectivity index (χ3n) is 6.30. The van der Waals surface area contributed by atoms with Crippen LogP contribution in [0.2, 0.25) is 0 Å². The van der Waals surface area contributed by atoms with Gasteiger partial charge in [0.2, 0.25) is 5.91 Å². The number of hydrogen-bond donors (Lipinski definition) is 0. The molecule has 9 heteroatoms. The third-order valence-corrected chi connectivity index (χ3v) is 8.42. The lowest BCUT2D eigenvalue weighted by Gasteiger charge is -2.34. The van der Waals surface area contributed by atoms with Gasteiger partial charge in [0.15, 0.2) is 5.16 Å². The van der Waals surface area contributed by atoms with Gasteiger partial charge in [-0.3, -0.25) is 19.1 Å². The molecule has 0 N–H and O–H groups in total. The number of rotatable bonds is 8. The van der Waals surface area contributed by atoms with E-state index in [4.69, 9.17) is 4.98 Å². The largest absolute Gasteiger partial charge is 0.339 e.